The van der Waals surface area contributed by atoms with E-state index >= 15 is 0 Å². The van der Waals surface area contributed by atoms with Crippen LogP contribution in [0.15, 0.2) is 18.2 Å². The molecule has 1 aromatic rings. The Balaban J connectivity index is 2.76. The van der Waals surface area contributed by atoms with E-state index in [-0.39, 0.29) is 0 Å². The van der Waals surface area contributed by atoms with Crippen LogP contribution in [0.2, 0.25) is 0 Å². The summed E-state index contributed by atoms with van der Waals surface area (Å²) in [5.41, 5.74) is 0.504. The molecule has 10 heteroatoms. The van der Waals surface area contributed by atoms with Crippen molar-refractivity contribution in [3.8, 4) is 11.5 Å². The first-order chi connectivity index (χ1) is 14.8. The molecule has 6 nitrogen and oxygen atoms in total. The molecule has 1 aromatic carbocycles. The van der Waals surface area contributed by atoms with Crippen LogP contribution in [0.4, 0.5) is 0 Å². The van der Waals surface area contributed by atoms with Crippen molar-refractivity contribution in [3.63, 3.8) is 0 Å². The number of hydrogen-bond donors (Lipinski definition) is 2. The van der Waals surface area contributed by atoms with Crippen molar-refractivity contribution in [2.75, 3.05) is 13.7 Å². The van der Waals surface area contributed by atoms with Crippen LogP contribution in [0.3, 0.4) is 0 Å². The van der Waals surface area contributed by atoms with Gasteiger partial charge in [0.05, 0.1) is 13.7 Å². The molecule has 31 heavy (non-hydrogen) atoms. The van der Waals surface area contributed by atoms with E-state index in [4.69, 9.17) is 55.9 Å². The van der Waals surface area contributed by atoms with Crippen LogP contribution >= 0.6 is 46.4 Å². The third kappa shape index (κ3) is 10.9. The highest BCUT2D eigenvalue weighted by molar-refractivity contribution is 6.54. The molecule has 0 heterocycles. The van der Waals surface area contributed by atoms with Crippen molar-refractivity contribution in [2.45, 2.75) is 67.7 Å². The van der Waals surface area contributed by atoms with Crippen LogP contribution in [0, 0.1) is 0 Å². The van der Waals surface area contributed by atoms with Gasteiger partial charge in [0, 0.05) is 0 Å². The van der Waals surface area contributed by atoms with Crippen LogP contribution < -0.4 is 20.1 Å². The fourth-order valence-corrected chi connectivity index (χ4v) is 3.09. The van der Waals surface area contributed by atoms with Crippen molar-refractivity contribution in [1.29, 1.82) is 0 Å². The molecule has 0 aliphatic heterocycles. The molecule has 0 aliphatic carbocycles. The first-order valence-electron chi connectivity index (χ1n) is 10.3. The molecule has 0 fully saturated rings. The number of benzene rings is 1. The van der Waals surface area contributed by atoms with E-state index in [1.807, 2.05) is 0 Å². The van der Waals surface area contributed by atoms with Crippen LogP contribution in [0.25, 0.3) is 0 Å². The Morgan fingerprint density at radius 1 is 0.871 bits per heavy atom. The topological polar surface area (TPSA) is 76.7 Å². The summed E-state index contributed by atoms with van der Waals surface area (Å²) >= 11 is 22.4. The number of halogens is 4. The molecule has 0 bridgehead atoms. The highest BCUT2D eigenvalue weighted by atomic mass is 35.5. The number of ether oxygens (including phenoxy) is 2. The summed E-state index contributed by atoms with van der Waals surface area (Å²) in [6, 6.07) is 5.03. The quantitative estimate of drug-likeness (QED) is 0.179. The van der Waals surface area contributed by atoms with E-state index < -0.39 is 27.7 Å². The summed E-state index contributed by atoms with van der Waals surface area (Å²) in [6.07, 6.45) is 7.35. The zero-order valence-corrected chi connectivity index (χ0v) is 20.8. The number of methoxy groups -OCH3 is 1. The molecule has 176 valence electrons. The summed E-state index contributed by atoms with van der Waals surface area (Å²) in [6.45, 7) is 2.77. The number of amides is 2. The Bertz CT molecular complexity index is 667. The molecule has 0 spiro atoms. The van der Waals surface area contributed by atoms with Gasteiger partial charge in [0.25, 0.3) is 11.8 Å². The minimum Gasteiger partial charge on any atom is -0.493 e. The predicted octanol–water partition coefficient (Wildman–Crippen LogP) is 5.66. The number of alkyl halides is 4. The average molecular weight is 516 g/mol. The van der Waals surface area contributed by atoms with Crippen molar-refractivity contribution in [1.82, 2.24) is 10.6 Å². The van der Waals surface area contributed by atoms with Gasteiger partial charge in [-0.15, -0.1) is 0 Å². The smallest absolute Gasteiger partial charge is 0.255 e. The minimum absolute atomic E-state index is 0.454. The van der Waals surface area contributed by atoms with Gasteiger partial charge in [0.1, 0.15) is 6.17 Å². The van der Waals surface area contributed by atoms with Gasteiger partial charge in [-0.1, -0.05) is 97.9 Å². The van der Waals surface area contributed by atoms with Crippen LogP contribution in [0.1, 0.15) is 63.6 Å². The van der Waals surface area contributed by atoms with E-state index in [1.54, 1.807) is 18.2 Å². The third-order valence-electron chi connectivity index (χ3n) is 4.50. The Morgan fingerprint density at radius 3 is 1.94 bits per heavy atom. The van der Waals surface area contributed by atoms with Gasteiger partial charge in [-0.05, 0) is 24.1 Å². The number of rotatable bonds is 15. The summed E-state index contributed by atoms with van der Waals surface area (Å²) in [4.78, 5) is 21.3. The number of nitrogens with one attached hydrogen (secondary N) is 2. The zero-order valence-electron chi connectivity index (χ0n) is 17.8. The fourth-order valence-electron chi connectivity index (χ4n) is 2.84. The Kier molecular flexibility index (Phi) is 14.1. The molecular formula is C21H30Cl4N2O4. The van der Waals surface area contributed by atoms with Crippen molar-refractivity contribution >= 4 is 58.2 Å². The molecule has 0 saturated carbocycles. The number of carbonyl (C=O) groups excluding carboxylic acids is 2. The van der Waals surface area contributed by atoms with E-state index in [1.165, 1.54) is 39.2 Å². The molecule has 0 aliphatic rings. The lowest BCUT2D eigenvalue weighted by Gasteiger charge is -2.22. The van der Waals surface area contributed by atoms with Gasteiger partial charge in [0.15, 0.2) is 21.2 Å². The summed E-state index contributed by atoms with van der Waals surface area (Å²) in [7, 11) is 1.51. The molecule has 0 atom stereocenters. The van der Waals surface area contributed by atoms with Crippen LogP contribution in [-0.4, -0.2) is 35.2 Å². The molecule has 0 unspecified atom stereocenters. The second kappa shape index (κ2) is 15.7. The van der Waals surface area contributed by atoms with Crippen LogP contribution in [-0.2, 0) is 9.59 Å². The van der Waals surface area contributed by atoms with Gasteiger partial charge < -0.3 is 20.1 Å². The van der Waals surface area contributed by atoms with E-state index in [0.29, 0.717) is 23.7 Å². The Labute approximate surface area is 204 Å². The van der Waals surface area contributed by atoms with Crippen molar-refractivity contribution < 1.29 is 19.1 Å². The maximum atomic E-state index is 11.9. The highest BCUT2D eigenvalue weighted by Crippen LogP contribution is 2.30. The molecule has 1 rings (SSSR count). The summed E-state index contributed by atoms with van der Waals surface area (Å²) in [5.74, 6) is -0.357. The molecule has 0 aromatic heterocycles. The van der Waals surface area contributed by atoms with E-state index in [0.717, 1.165) is 12.8 Å². The maximum Gasteiger partial charge on any atom is 0.255 e. The molecular weight excluding hydrogens is 486 g/mol. The van der Waals surface area contributed by atoms with Gasteiger partial charge in [-0.25, -0.2) is 0 Å². The Hall–Kier alpha value is -1.08. The summed E-state index contributed by atoms with van der Waals surface area (Å²) in [5, 5.41) is 5.04. The third-order valence-corrected chi connectivity index (χ3v) is 5.29. The van der Waals surface area contributed by atoms with Crippen LogP contribution in [0.5, 0.6) is 11.5 Å². The molecule has 0 radical (unpaired) electrons. The number of unbranched alkanes of at least 4 members (excludes halogenated alkanes) is 6. The normalized spacial score (nSPS) is 11.1. The largest absolute Gasteiger partial charge is 0.493 e. The first-order valence-corrected chi connectivity index (χ1v) is 12.0. The highest BCUT2D eigenvalue weighted by Gasteiger charge is 2.24. The van der Waals surface area contributed by atoms with Crippen molar-refractivity contribution in [3.05, 3.63) is 23.8 Å². The standard InChI is InChI=1S/C21H30Cl4N2O4/c1-3-4-5-6-7-8-9-12-31-15-11-10-14(13-16(15)30-2)19(26-20(28)17(22)23)27-21(29)18(24)25/h10-11,13,17-19H,3-9,12H2,1-2H3,(H,26,28)(H,27,29). The zero-order chi connectivity index (χ0) is 23.2. The maximum absolute atomic E-state index is 11.9. The van der Waals surface area contributed by atoms with E-state index in [2.05, 4.69) is 17.6 Å². The number of hydrogen-bond acceptors (Lipinski definition) is 4. The number of carbonyl (C=O) groups is 2. The monoisotopic (exact) mass is 514 g/mol. The minimum atomic E-state index is -1.31. The first kappa shape index (κ1) is 28.0. The van der Waals surface area contributed by atoms with Gasteiger partial charge in [0.2, 0.25) is 0 Å². The second-order valence-electron chi connectivity index (χ2n) is 6.93. The summed E-state index contributed by atoms with van der Waals surface area (Å²) < 4.78 is 11.3. The van der Waals surface area contributed by atoms with E-state index in [9.17, 15) is 9.59 Å². The van der Waals surface area contributed by atoms with Gasteiger partial charge in [-0.2, -0.15) is 0 Å². The lowest BCUT2D eigenvalue weighted by Crippen LogP contribution is -2.44. The SMILES string of the molecule is CCCCCCCCCOc1ccc(C(NC(=O)C(Cl)Cl)NC(=O)C(Cl)Cl)cc1OC. The van der Waals surface area contributed by atoms with Crippen molar-refractivity contribution in [2.24, 2.45) is 0 Å². The molecule has 2 N–H and O–H groups in total. The second-order valence-corrected chi connectivity index (χ2v) is 9.12. The molecule has 0 saturated heterocycles. The average Bonchev–Trinajstić information content (AvgIpc) is 2.74. The lowest BCUT2D eigenvalue weighted by molar-refractivity contribution is -0.122. The predicted molar refractivity (Wildman–Crippen MR) is 126 cm³/mol. The molecule has 2 amide bonds. The van der Waals surface area contributed by atoms with Gasteiger partial charge in [-0.3, -0.25) is 9.59 Å². The fraction of sp³-hybridized carbons (Fsp3) is 0.619. The Morgan fingerprint density at radius 2 is 1.42 bits per heavy atom. The van der Waals surface area contributed by atoms with Gasteiger partial charge >= 0.3 is 0 Å². The lowest BCUT2D eigenvalue weighted by atomic mass is 10.1.